The molecule has 2 aliphatic rings. The van der Waals surface area contributed by atoms with Crippen molar-refractivity contribution in [1.29, 1.82) is 0 Å². The Hall–Kier alpha value is -6.75. The van der Waals surface area contributed by atoms with Crippen molar-refractivity contribution in [3.05, 3.63) is 97.1 Å². The van der Waals surface area contributed by atoms with E-state index in [1.807, 2.05) is 111 Å². The van der Waals surface area contributed by atoms with E-state index >= 15 is 0 Å². The van der Waals surface area contributed by atoms with Gasteiger partial charge in [0.05, 0.1) is 12.8 Å². The van der Waals surface area contributed by atoms with Gasteiger partial charge in [-0.3, -0.25) is 0 Å². The Balaban J connectivity index is 0.000000220. The molecule has 65 heavy (non-hydrogen) atoms. The van der Waals surface area contributed by atoms with Gasteiger partial charge in [0.25, 0.3) is 0 Å². The zero-order chi connectivity index (χ0) is 45.4. The Morgan fingerprint density at radius 2 is 0.877 bits per heavy atom. The van der Waals surface area contributed by atoms with E-state index in [4.69, 9.17) is 44.1 Å². The summed E-state index contributed by atoms with van der Waals surface area (Å²) in [6.45, 7) is 9.78. The topological polar surface area (TPSA) is 208 Å². The second-order valence-electron chi connectivity index (χ2n) is 16.4. The molecule has 339 valence electrons. The van der Waals surface area contributed by atoms with E-state index in [2.05, 4.69) is 9.97 Å². The molecule has 0 spiro atoms. The van der Waals surface area contributed by atoms with Crippen molar-refractivity contribution in [3.8, 4) is 45.6 Å². The van der Waals surface area contributed by atoms with Crippen LogP contribution in [0.3, 0.4) is 0 Å². The Morgan fingerprint density at radius 1 is 0.554 bits per heavy atom. The first-order chi connectivity index (χ1) is 30.5. The van der Waals surface area contributed by atoms with Crippen molar-refractivity contribution in [2.45, 2.75) is 65.6 Å². The molecule has 0 unspecified atom stereocenters. The Labute approximate surface area is 385 Å². The number of hydrogen-bond donors (Lipinski definition) is 2. The van der Waals surface area contributed by atoms with Gasteiger partial charge in [-0.1, -0.05) is 111 Å². The maximum Gasteiger partial charge on any atom is 0.508 e. The third-order valence-electron chi connectivity index (χ3n) is 11.0. The molecule has 4 aromatic carbocycles. The minimum Gasteiger partial charge on any atom is -0.443 e. The molecule has 0 atom stereocenters. The van der Waals surface area contributed by atoms with Gasteiger partial charge < -0.3 is 24.2 Å². The van der Waals surface area contributed by atoms with E-state index < -0.39 is 33.5 Å². The van der Waals surface area contributed by atoms with Crippen LogP contribution >= 0.6 is 0 Å². The molecule has 2 N–H and O–H groups in total. The minimum absolute atomic E-state index is 0. The first-order valence-electron chi connectivity index (χ1n) is 20.8. The molecule has 5 heterocycles. The van der Waals surface area contributed by atoms with Crippen LogP contribution in [0.1, 0.15) is 54.4 Å². The van der Waals surface area contributed by atoms with Gasteiger partial charge in [-0.2, -0.15) is 0 Å². The molecule has 2 aliphatic heterocycles. The summed E-state index contributed by atoms with van der Waals surface area (Å²) in [6.07, 6.45) is 0.0697. The average Bonchev–Trinajstić information content (AvgIpc) is 4.00. The number of carbonyl (C=O) groups excluding carboxylic acids is 2. The molecule has 3 aromatic heterocycles. The van der Waals surface area contributed by atoms with Crippen LogP contribution in [-0.4, -0.2) is 95.5 Å². The van der Waals surface area contributed by atoms with Gasteiger partial charge in [-0.05, 0) is 40.5 Å². The van der Waals surface area contributed by atoms with Gasteiger partial charge in [0.2, 0.25) is 10.0 Å². The fourth-order valence-corrected chi connectivity index (χ4v) is 7.60. The van der Waals surface area contributed by atoms with E-state index in [-0.39, 0.29) is 30.2 Å². The Bertz CT molecular complexity index is 2920. The van der Waals surface area contributed by atoms with Gasteiger partial charge >= 0.3 is 12.2 Å². The van der Waals surface area contributed by atoms with E-state index in [1.54, 1.807) is 27.7 Å². The molecule has 0 saturated carbocycles. The van der Waals surface area contributed by atoms with Crippen LogP contribution in [0.15, 0.2) is 97.1 Å². The standard InChI is InChI=1S/C32H18N8.C15H29NO7S.Cu/c1-2-10-18-17(9-1)25-33-26(18)38-28-21-13-5-6-14-22(21)30(35-28)40-32-24-16-8-7-15-23(24)31(36-32)39-29-20-12-4-3-11-19(20)27(34-29)37-25;1-8-14(3,4)22-12(17)16(24(7,19)20)10-11-21-13(18)23-15(5,6)9-2;/h1-16H,(H2,33,34,35,36,37,38,39,40);8-11H2,1-7H3;. The van der Waals surface area contributed by atoms with E-state index in [0.717, 1.165) is 50.1 Å². The van der Waals surface area contributed by atoms with E-state index in [9.17, 15) is 18.0 Å². The number of benzene rings is 4. The number of rotatable bonds is 8. The van der Waals surface area contributed by atoms with Crippen molar-refractivity contribution in [1.82, 2.24) is 44.2 Å². The predicted octanol–water partition coefficient (Wildman–Crippen LogP) is 9.78. The molecule has 0 saturated heterocycles. The van der Waals surface area contributed by atoms with Gasteiger partial charge in [0, 0.05) is 60.9 Å². The molecule has 0 aliphatic carbocycles. The first-order valence-corrected chi connectivity index (χ1v) is 22.6. The zero-order valence-corrected chi connectivity index (χ0v) is 38.5. The number of aromatic nitrogens is 8. The number of nitrogens with one attached hydrogen (secondary N) is 2. The molecule has 18 heteroatoms. The third-order valence-corrected chi connectivity index (χ3v) is 12.1. The molecular weight excluding hydrogens is 898 g/mol. The summed E-state index contributed by atoms with van der Waals surface area (Å²) in [5, 5.41) is 3.82. The summed E-state index contributed by atoms with van der Waals surface area (Å²) in [4.78, 5) is 60.4. The number of hydrogen-bond acceptors (Lipinski definition) is 13. The fourth-order valence-electron chi connectivity index (χ4n) is 6.88. The number of amides is 1. The van der Waals surface area contributed by atoms with Gasteiger partial charge in [0.1, 0.15) is 40.4 Å². The van der Waals surface area contributed by atoms with Crippen LogP contribution in [0.4, 0.5) is 9.59 Å². The molecule has 16 nitrogen and oxygen atoms in total. The second-order valence-corrected chi connectivity index (χ2v) is 18.3. The van der Waals surface area contributed by atoms with E-state index in [0.29, 0.717) is 63.0 Å². The van der Waals surface area contributed by atoms with E-state index in [1.165, 1.54) is 0 Å². The van der Waals surface area contributed by atoms with Crippen LogP contribution in [0.5, 0.6) is 0 Å². The summed E-state index contributed by atoms with van der Waals surface area (Å²) in [5.41, 5.74) is 4.96. The molecule has 8 bridgehead atoms. The minimum atomic E-state index is -3.86. The predicted molar refractivity (Wildman–Crippen MR) is 245 cm³/mol. The summed E-state index contributed by atoms with van der Waals surface area (Å²) >= 11 is 0. The van der Waals surface area contributed by atoms with Crippen LogP contribution in [0, 0.1) is 0 Å². The Kier molecular flexibility index (Phi) is 13.1. The number of ether oxygens (including phenoxy) is 3. The monoisotopic (exact) mass is 944 g/mol. The number of nitrogens with zero attached hydrogens (tertiary/aromatic N) is 7. The zero-order valence-electron chi connectivity index (χ0n) is 36.8. The fraction of sp³-hybridized carbons (Fsp3) is 0.277. The summed E-state index contributed by atoms with van der Waals surface area (Å²) in [7, 11) is -3.86. The number of sulfonamides is 1. The number of fused-ring (bicyclic) bond motifs is 20. The SMILES string of the molecule is CCC(C)(C)OC(=O)OCCN(C(=O)OC(C)(C)CC)S(C)(=O)=O.[Cu].c1ccc2c(c1)-c1nc-2nc2[nH]c(nc3nc(nc4[nH]c(n1)c1ccccc41)-c1ccccc1-3)c1ccccc21. The smallest absolute Gasteiger partial charge is 0.443 e. The van der Waals surface area contributed by atoms with Crippen LogP contribution in [0.2, 0.25) is 0 Å². The van der Waals surface area contributed by atoms with Crippen molar-refractivity contribution in [2.75, 3.05) is 19.4 Å². The summed E-state index contributed by atoms with van der Waals surface area (Å²) in [6, 6.07) is 32.2. The number of carbonyl (C=O) groups is 2. The summed E-state index contributed by atoms with van der Waals surface area (Å²) in [5.74, 6) is 2.39. The Morgan fingerprint density at radius 3 is 1.20 bits per heavy atom. The van der Waals surface area contributed by atoms with Gasteiger partial charge in [-0.15, -0.1) is 0 Å². The molecule has 1 radical (unpaired) electrons. The third kappa shape index (κ3) is 9.84. The van der Waals surface area contributed by atoms with Gasteiger partial charge in [0.15, 0.2) is 23.3 Å². The molecular formula is C47H47CuN9O7S. The number of aromatic amines is 2. The van der Waals surface area contributed by atoms with Crippen LogP contribution in [0.25, 0.3) is 89.7 Å². The number of H-pyrrole nitrogens is 2. The maximum absolute atomic E-state index is 12.1. The largest absolute Gasteiger partial charge is 0.508 e. The van der Waals surface area contributed by atoms with Crippen molar-refractivity contribution >= 4 is 66.4 Å². The molecule has 7 aromatic rings. The summed E-state index contributed by atoms with van der Waals surface area (Å²) < 4.78 is 39.1. The maximum atomic E-state index is 12.1. The average molecular weight is 946 g/mol. The van der Waals surface area contributed by atoms with Crippen molar-refractivity contribution < 1.29 is 49.3 Å². The normalized spacial score (nSPS) is 12.0. The quantitative estimate of drug-likeness (QED) is 0.108. The molecule has 0 fully saturated rings. The molecule has 9 rings (SSSR count). The first kappa shape index (κ1) is 46.2. The second kappa shape index (κ2) is 18.4. The van der Waals surface area contributed by atoms with Crippen LogP contribution in [-0.2, 0) is 41.3 Å². The molecule has 1 amide bonds. The van der Waals surface area contributed by atoms with Crippen molar-refractivity contribution in [3.63, 3.8) is 0 Å². The van der Waals surface area contributed by atoms with Gasteiger partial charge in [-0.25, -0.2) is 52.2 Å². The van der Waals surface area contributed by atoms with Crippen LogP contribution < -0.4 is 0 Å². The van der Waals surface area contributed by atoms with Crippen molar-refractivity contribution in [2.24, 2.45) is 0 Å².